The molecule has 0 bridgehead atoms. The van der Waals surface area contributed by atoms with Crippen molar-refractivity contribution in [3.05, 3.63) is 40.9 Å². The number of fused-ring (bicyclic) bond motifs is 1. The van der Waals surface area contributed by atoms with Crippen molar-refractivity contribution in [1.29, 1.82) is 0 Å². The van der Waals surface area contributed by atoms with Crippen molar-refractivity contribution in [2.45, 2.75) is 0 Å². The molecule has 2 aromatic rings. The van der Waals surface area contributed by atoms with Crippen molar-refractivity contribution in [3.8, 4) is 0 Å². The third kappa shape index (κ3) is 1.24. The fourth-order valence-electron chi connectivity index (χ4n) is 1.28. The third-order valence-corrected chi connectivity index (χ3v) is 2.58. The monoisotopic (exact) mass is 222 g/mol. The normalized spacial score (nSPS) is 10.5. The van der Waals surface area contributed by atoms with Crippen LogP contribution in [0.15, 0.2) is 40.9 Å². The molecular formula is C10H9BrN+. The Morgan fingerprint density at radius 2 is 1.92 bits per heavy atom. The molecule has 0 aromatic heterocycles. The number of hydrogen-bond acceptors (Lipinski definition) is 0. The van der Waals surface area contributed by atoms with Crippen molar-refractivity contribution in [3.63, 3.8) is 0 Å². The lowest BCUT2D eigenvalue weighted by atomic mass is 10.1. The van der Waals surface area contributed by atoms with Gasteiger partial charge in [-0.25, -0.2) is 0 Å². The lowest BCUT2D eigenvalue weighted by Gasteiger charge is -1.98. The molecule has 1 nitrogen and oxygen atoms in total. The molecule has 0 atom stereocenters. The van der Waals surface area contributed by atoms with Gasteiger partial charge in [-0.1, -0.05) is 28.1 Å². The number of halogens is 1. The number of quaternary nitrogens is 1. The van der Waals surface area contributed by atoms with Crippen LogP contribution in [0.25, 0.3) is 10.8 Å². The van der Waals surface area contributed by atoms with Gasteiger partial charge in [-0.15, -0.1) is 0 Å². The van der Waals surface area contributed by atoms with Gasteiger partial charge < -0.3 is 5.73 Å². The molecule has 2 aromatic carbocycles. The van der Waals surface area contributed by atoms with Crippen LogP contribution in [0.4, 0.5) is 5.69 Å². The minimum absolute atomic E-state index is 1.05. The van der Waals surface area contributed by atoms with E-state index in [2.05, 4.69) is 39.9 Å². The molecule has 0 heterocycles. The van der Waals surface area contributed by atoms with E-state index < -0.39 is 0 Å². The maximum absolute atomic E-state index is 3.89. The van der Waals surface area contributed by atoms with E-state index in [0.29, 0.717) is 0 Å². The minimum atomic E-state index is 1.05. The molecule has 60 valence electrons. The fourth-order valence-corrected chi connectivity index (χ4v) is 1.78. The van der Waals surface area contributed by atoms with Crippen LogP contribution in [0.3, 0.4) is 0 Å². The van der Waals surface area contributed by atoms with Gasteiger partial charge in [0.05, 0.1) is 0 Å². The summed E-state index contributed by atoms with van der Waals surface area (Å²) in [5.74, 6) is 0. The Bertz CT molecular complexity index is 423. The highest BCUT2D eigenvalue weighted by Gasteiger charge is 1.98. The highest BCUT2D eigenvalue weighted by molar-refractivity contribution is 9.10. The van der Waals surface area contributed by atoms with Gasteiger partial charge in [0.2, 0.25) is 0 Å². The fraction of sp³-hybridized carbons (Fsp3) is 0. The topological polar surface area (TPSA) is 27.6 Å². The quantitative estimate of drug-likeness (QED) is 0.710. The Labute approximate surface area is 79.3 Å². The predicted molar refractivity (Wildman–Crippen MR) is 54.2 cm³/mol. The standard InChI is InChI=1S/C10H8BrN/c11-10-3-1-2-7-4-5-8(12)6-9(7)10/h1-6H,12H2/p+1. The van der Waals surface area contributed by atoms with Crippen molar-refractivity contribution < 1.29 is 5.73 Å². The molecule has 0 saturated heterocycles. The first kappa shape index (κ1) is 7.77. The van der Waals surface area contributed by atoms with Gasteiger partial charge in [0, 0.05) is 15.9 Å². The van der Waals surface area contributed by atoms with Crippen LogP contribution in [-0.2, 0) is 0 Å². The lowest BCUT2D eigenvalue weighted by Crippen LogP contribution is -2.39. The van der Waals surface area contributed by atoms with E-state index in [-0.39, 0.29) is 0 Å². The largest absolute Gasteiger partial charge is 0.325 e. The first-order valence-corrected chi connectivity index (χ1v) is 4.57. The van der Waals surface area contributed by atoms with Crippen molar-refractivity contribution >= 4 is 32.4 Å². The summed E-state index contributed by atoms with van der Waals surface area (Å²) in [6.45, 7) is 0. The van der Waals surface area contributed by atoms with Gasteiger partial charge in [-0.05, 0) is 23.6 Å². The van der Waals surface area contributed by atoms with Crippen LogP contribution >= 0.6 is 15.9 Å². The highest BCUT2D eigenvalue weighted by Crippen LogP contribution is 2.24. The van der Waals surface area contributed by atoms with Crippen molar-refractivity contribution in [1.82, 2.24) is 0 Å². The summed E-state index contributed by atoms with van der Waals surface area (Å²) in [5.41, 5.74) is 4.94. The molecule has 0 fully saturated rings. The summed E-state index contributed by atoms with van der Waals surface area (Å²) < 4.78 is 1.13. The molecule has 2 rings (SSSR count). The van der Waals surface area contributed by atoms with E-state index in [9.17, 15) is 0 Å². The second kappa shape index (κ2) is 2.88. The van der Waals surface area contributed by atoms with Crippen LogP contribution < -0.4 is 5.73 Å². The van der Waals surface area contributed by atoms with Gasteiger partial charge in [0.15, 0.2) is 0 Å². The van der Waals surface area contributed by atoms with Crippen LogP contribution in [0.1, 0.15) is 0 Å². The average molecular weight is 223 g/mol. The number of benzene rings is 2. The molecular weight excluding hydrogens is 214 g/mol. The molecule has 0 spiro atoms. The van der Waals surface area contributed by atoms with Gasteiger partial charge in [0.1, 0.15) is 5.69 Å². The summed E-state index contributed by atoms with van der Waals surface area (Å²) in [7, 11) is 0. The second-order valence-electron chi connectivity index (χ2n) is 2.80. The number of hydrogen-bond donors (Lipinski definition) is 1. The van der Waals surface area contributed by atoms with Gasteiger partial charge in [-0.2, -0.15) is 0 Å². The summed E-state index contributed by atoms with van der Waals surface area (Å²) in [4.78, 5) is 0. The SMILES string of the molecule is [NH3+]c1ccc2cccc(Br)c2c1. The zero-order valence-corrected chi connectivity index (χ0v) is 8.14. The van der Waals surface area contributed by atoms with E-state index >= 15 is 0 Å². The Hall–Kier alpha value is -0.860. The molecule has 12 heavy (non-hydrogen) atoms. The van der Waals surface area contributed by atoms with Crippen molar-refractivity contribution in [2.24, 2.45) is 0 Å². The Balaban J connectivity index is 2.88. The van der Waals surface area contributed by atoms with Crippen molar-refractivity contribution in [2.75, 3.05) is 0 Å². The first-order chi connectivity index (χ1) is 5.77. The van der Waals surface area contributed by atoms with E-state index in [1.54, 1.807) is 0 Å². The van der Waals surface area contributed by atoms with Crippen LogP contribution in [-0.4, -0.2) is 0 Å². The van der Waals surface area contributed by atoms with Gasteiger partial charge >= 0.3 is 0 Å². The van der Waals surface area contributed by atoms with E-state index in [1.807, 2.05) is 18.2 Å². The van der Waals surface area contributed by atoms with E-state index in [1.165, 1.54) is 10.8 Å². The zero-order valence-electron chi connectivity index (χ0n) is 6.55. The average Bonchev–Trinajstić information content (AvgIpc) is 2.07. The molecule has 0 aliphatic heterocycles. The smallest absolute Gasteiger partial charge is 0.128 e. The maximum Gasteiger partial charge on any atom is 0.128 e. The summed E-state index contributed by atoms with van der Waals surface area (Å²) in [6.07, 6.45) is 0. The summed E-state index contributed by atoms with van der Waals surface area (Å²) >= 11 is 3.50. The van der Waals surface area contributed by atoms with E-state index in [0.717, 1.165) is 10.2 Å². The van der Waals surface area contributed by atoms with Crippen LogP contribution in [0.2, 0.25) is 0 Å². The van der Waals surface area contributed by atoms with E-state index in [4.69, 9.17) is 0 Å². The Morgan fingerprint density at radius 1 is 1.08 bits per heavy atom. The molecule has 2 heteroatoms. The van der Waals surface area contributed by atoms with Gasteiger partial charge in [0.25, 0.3) is 0 Å². The predicted octanol–water partition coefficient (Wildman–Crippen LogP) is 2.48. The van der Waals surface area contributed by atoms with Crippen LogP contribution in [0.5, 0.6) is 0 Å². The molecule has 0 radical (unpaired) electrons. The summed E-state index contributed by atoms with van der Waals surface area (Å²) in [6, 6.07) is 12.4. The van der Waals surface area contributed by atoms with Crippen LogP contribution in [0, 0.1) is 0 Å². The summed E-state index contributed by atoms with van der Waals surface area (Å²) in [5, 5.41) is 2.47. The third-order valence-electron chi connectivity index (χ3n) is 1.89. The highest BCUT2D eigenvalue weighted by atomic mass is 79.9. The molecule has 0 aliphatic carbocycles. The Kier molecular flexibility index (Phi) is 1.87. The molecule has 0 unspecified atom stereocenters. The minimum Gasteiger partial charge on any atom is -0.325 e. The zero-order chi connectivity index (χ0) is 8.55. The maximum atomic E-state index is 3.89. The molecule has 3 N–H and O–H groups in total. The number of rotatable bonds is 0. The first-order valence-electron chi connectivity index (χ1n) is 3.77. The Morgan fingerprint density at radius 3 is 2.75 bits per heavy atom. The molecule has 0 saturated carbocycles. The molecule has 0 amide bonds. The van der Waals surface area contributed by atoms with Gasteiger partial charge in [-0.3, -0.25) is 0 Å². The molecule has 0 aliphatic rings. The lowest BCUT2D eigenvalue weighted by molar-refractivity contribution is -0.254. The second-order valence-corrected chi connectivity index (χ2v) is 3.65.